The quantitative estimate of drug-likeness (QED) is 0.236. The Hall–Kier alpha value is -0.860. The van der Waals surface area contributed by atoms with Crippen LogP contribution in [0.1, 0.15) is 25.3 Å². The highest BCUT2D eigenvalue weighted by Crippen LogP contribution is 2.00. The molecule has 24 heavy (non-hydrogen) atoms. The Balaban J connectivity index is 0.00000529. The molecule has 0 bridgehead atoms. The van der Waals surface area contributed by atoms with E-state index in [0.29, 0.717) is 6.61 Å². The van der Waals surface area contributed by atoms with Crippen molar-refractivity contribution in [1.29, 1.82) is 0 Å². The minimum atomic E-state index is 0. The van der Waals surface area contributed by atoms with Gasteiger partial charge in [0.05, 0.1) is 13.2 Å². The Labute approximate surface area is 163 Å². The van der Waals surface area contributed by atoms with Crippen LogP contribution < -0.4 is 10.6 Å². The molecule has 0 aliphatic carbocycles. The van der Waals surface area contributed by atoms with Crippen LogP contribution >= 0.6 is 24.0 Å². The molecule has 0 fully saturated rings. The van der Waals surface area contributed by atoms with Crippen molar-refractivity contribution in [1.82, 2.24) is 10.6 Å². The number of aliphatic imine (C=N–C) groups is 1. The third-order valence-corrected chi connectivity index (χ3v) is 3.41. The van der Waals surface area contributed by atoms with Crippen LogP contribution in [0.15, 0.2) is 35.3 Å². The molecule has 0 aliphatic heterocycles. The number of methoxy groups -OCH3 is 1. The number of halogens is 1. The first kappa shape index (κ1) is 23.1. The third-order valence-electron chi connectivity index (χ3n) is 3.41. The lowest BCUT2D eigenvalue weighted by molar-refractivity contribution is 0.133. The van der Waals surface area contributed by atoms with Gasteiger partial charge >= 0.3 is 0 Å². The normalized spacial score (nSPS) is 12.4. The second kappa shape index (κ2) is 15.7. The molecule has 1 aromatic rings. The Morgan fingerprint density at radius 1 is 1.17 bits per heavy atom. The molecule has 0 aliphatic rings. The SMILES string of the molecule is CN=C(NCCCCOCCc1ccccc1)NC(C)COC.I. The molecule has 0 aromatic heterocycles. The molecule has 1 rings (SSSR count). The number of rotatable bonds is 11. The Kier molecular flexibility index (Phi) is 15.1. The van der Waals surface area contributed by atoms with Gasteiger partial charge in [0.15, 0.2) is 5.96 Å². The van der Waals surface area contributed by atoms with E-state index in [0.717, 1.165) is 45.0 Å². The van der Waals surface area contributed by atoms with E-state index in [9.17, 15) is 0 Å². The van der Waals surface area contributed by atoms with E-state index < -0.39 is 0 Å². The maximum Gasteiger partial charge on any atom is 0.191 e. The molecule has 1 atom stereocenters. The Morgan fingerprint density at radius 2 is 1.92 bits per heavy atom. The topological polar surface area (TPSA) is 54.9 Å². The predicted molar refractivity (Wildman–Crippen MR) is 111 cm³/mol. The van der Waals surface area contributed by atoms with Gasteiger partial charge in [-0.1, -0.05) is 30.3 Å². The van der Waals surface area contributed by atoms with E-state index in [1.54, 1.807) is 14.2 Å². The van der Waals surface area contributed by atoms with Gasteiger partial charge in [0.2, 0.25) is 0 Å². The lowest BCUT2D eigenvalue weighted by Crippen LogP contribution is -2.44. The third kappa shape index (κ3) is 11.6. The van der Waals surface area contributed by atoms with Crippen molar-refractivity contribution in [3.8, 4) is 0 Å². The van der Waals surface area contributed by atoms with Gasteiger partial charge in [-0.3, -0.25) is 4.99 Å². The molecule has 0 saturated heterocycles. The molecule has 0 spiro atoms. The minimum Gasteiger partial charge on any atom is -0.383 e. The van der Waals surface area contributed by atoms with Crippen molar-refractivity contribution in [2.24, 2.45) is 4.99 Å². The van der Waals surface area contributed by atoms with Gasteiger partial charge in [-0.05, 0) is 31.7 Å². The average Bonchev–Trinajstić information content (AvgIpc) is 2.57. The number of ether oxygens (including phenoxy) is 2. The van der Waals surface area contributed by atoms with E-state index in [1.807, 2.05) is 6.07 Å². The number of nitrogens with one attached hydrogen (secondary N) is 2. The van der Waals surface area contributed by atoms with Crippen LogP contribution in [0.2, 0.25) is 0 Å². The second-order valence-electron chi connectivity index (χ2n) is 5.55. The molecular weight excluding hydrogens is 417 g/mol. The lowest BCUT2D eigenvalue weighted by Gasteiger charge is -2.17. The van der Waals surface area contributed by atoms with Gasteiger partial charge in [-0.15, -0.1) is 24.0 Å². The predicted octanol–water partition coefficient (Wildman–Crippen LogP) is 2.84. The van der Waals surface area contributed by atoms with Crippen LogP contribution in [0.25, 0.3) is 0 Å². The molecular formula is C18H32IN3O2. The minimum absolute atomic E-state index is 0. The molecule has 138 valence electrons. The van der Waals surface area contributed by atoms with Crippen LogP contribution in [0.3, 0.4) is 0 Å². The number of unbranched alkanes of at least 4 members (excludes halogenated alkanes) is 1. The fourth-order valence-corrected chi connectivity index (χ4v) is 2.19. The first-order valence-corrected chi connectivity index (χ1v) is 8.34. The van der Waals surface area contributed by atoms with E-state index in [4.69, 9.17) is 9.47 Å². The van der Waals surface area contributed by atoms with Crippen LogP contribution in [0.5, 0.6) is 0 Å². The first-order chi connectivity index (χ1) is 11.3. The summed E-state index contributed by atoms with van der Waals surface area (Å²) in [6.45, 7) is 5.21. The largest absolute Gasteiger partial charge is 0.383 e. The van der Waals surface area contributed by atoms with Crippen LogP contribution in [0, 0.1) is 0 Å². The van der Waals surface area contributed by atoms with Crippen molar-refractivity contribution in [3.05, 3.63) is 35.9 Å². The van der Waals surface area contributed by atoms with E-state index in [-0.39, 0.29) is 30.0 Å². The second-order valence-corrected chi connectivity index (χ2v) is 5.55. The van der Waals surface area contributed by atoms with Gasteiger partial charge in [0, 0.05) is 33.4 Å². The van der Waals surface area contributed by atoms with E-state index >= 15 is 0 Å². The number of hydrogen-bond donors (Lipinski definition) is 2. The van der Waals surface area contributed by atoms with Crippen LogP contribution in [0.4, 0.5) is 0 Å². The van der Waals surface area contributed by atoms with Crippen LogP contribution in [-0.4, -0.2) is 52.5 Å². The number of benzene rings is 1. The molecule has 6 heteroatoms. The zero-order chi connectivity index (χ0) is 16.8. The highest BCUT2D eigenvalue weighted by molar-refractivity contribution is 14.0. The van der Waals surface area contributed by atoms with Gasteiger partial charge in [-0.2, -0.15) is 0 Å². The highest BCUT2D eigenvalue weighted by atomic mass is 127. The zero-order valence-corrected chi connectivity index (χ0v) is 17.4. The number of guanidine groups is 1. The van der Waals surface area contributed by atoms with Crippen molar-refractivity contribution in [3.63, 3.8) is 0 Å². The summed E-state index contributed by atoms with van der Waals surface area (Å²) >= 11 is 0. The lowest BCUT2D eigenvalue weighted by atomic mass is 10.2. The molecule has 0 saturated carbocycles. The monoisotopic (exact) mass is 449 g/mol. The number of hydrogen-bond acceptors (Lipinski definition) is 3. The first-order valence-electron chi connectivity index (χ1n) is 8.34. The molecule has 5 nitrogen and oxygen atoms in total. The van der Waals surface area contributed by atoms with Crippen molar-refractivity contribution in [2.75, 3.05) is 40.5 Å². The fourth-order valence-electron chi connectivity index (χ4n) is 2.19. The van der Waals surface area contributed by atoms with Crippen molar-refractivity contribution in [2.45, 2.75) is 32.2 Å². The maximum absolute atomic E-state index is 5.68. The standard InChI is InChI=1S/C18H31N3O2.HI/c1-16(15-22-3)21-18(19-2)20-12-7-8-13-23-14-11-17-9-5-4-6-10-17;/h4-6,9-10,16H,7-8,11-15H2,1-3H3,(H2,19,20,21);1H. The van der Waals surface area contributed by atoms with Gasteiger partial charge < -0.3 is 20.1 Å². The highest BCUT2D eigenvalue weighted by Gasteiger charge is 2.03. The summed E-state index contributed by atoms with van der Waals surface area (Å²) in [6.07, 6.45) is 3.09. The molecule has 1 aromatic carbocycles. The maximum atomic E-state index is 5.68. The van der Waals surface area contributed by atoms with E-state index in [1.165, 1.54) is 5.56 Å². The molecule has 0 radical (unpaired) electrons. The summed E-state index contributed by atoms with van der Waals surface area (Å²) in [5.41, 5.74) is 1.33. The molecule has 0 amide bonds. The smallest absolute Gasteiger partial charge is 0.191 e. The van der Waals surface area contributed by atoms with Gasteiger partial charge in [-0.25, -0.2) is 0 Å². The summed E-state index contributed by atoms with van der Waals surface area (Å²) in [5.74, 6) is 0.819. The molecule has 2 N–H and O–H groups in total. The molecule has 0 heterocycles. The molecule has 1 unspecified atom stereocenters. The fraction of sp³-hybridized carbons (Fsp3) is 0.611. The summed E-state index contributed by atoms with van der Waals surface area (Å²) in [6, 6.07) is 10.7. The van der Waals surface area contributed by atoms with E-state index in [2.05, 4.69) is 46.8 Å². The Morgan fingerprint density at radius 3 is 2.58 bits per heavy atom. The van der Waals surface area contributed by atoms with Crippen LogP contribution in [-0.2, 0) is 15.9 Å². The number of nitrogens with zero attached hydrogens (tertiary/aromatic N) is 1. The van der Waals surface area contributed by atoms with Gasteiger partial charge in [0.1, 0.15) is 0 Å². The summed E-state index contributed by atoms with van der Waals surface area (Å²) < 4.78 is 10.8. The summed E-state index contributed by atoms with van der Waals surface area (Å²) in [4.78, 5) is 4.20. The Bertz CT molecular complexity index is 430. The summed E-state index contributed by atoms with van der Waals surface area (Å²) in [7, 11) is 3.48. The summed E-state index contributed by atoms with van der Waals surface area (Å²) in [5, 5.41) is 6.58. The zero-order valence-electron chi connectivity index (χ0n) is 15.1. The average molecular weight is 449 g/mol. The van der Waals surface area contributed by atoms with Crippen molar-refractivity contribution < 1.29 is 9.47 Å². The van der Waals surface area contributed by atoms with Crippen molar-refractivity contribution >= 4 is 29.9 Å². The van der Waals surface area contributed by atoms with Gasteiger partial charge in [0.25, 0.3) is 0 Å².